The van der Waals surface area contributed by atoms with E-state index in [2.05, 4.69) is 23.4 Å². The van der Waals surface area contributed by atoms with Gasteiger partial charge >= 0.3 is 0 Å². The van der Waals surface area contributed by atoms with Gasteiger partial charge in [-0.05, 0) is 19.4 Å². The molecule has 72 valence electrons. The molecular formula is C9H15N3O. The lowest BCUT2D eigenvalue weighted by Crippen LogP contribution is -2.39. The lowest BCUT2D eigenvalue weighted by atomic mass is 10.3. The van der Waals surface area contributed by atoms with Crippen LogP contribution in [-0.4, -0.2) is 35.5 Å². The lowest BCUT2D eigenvalue weighted by molar-refractivity contribution is -0.128. The minimum atomic E-state index is 0.213. The number of hydrogen-bond acceptors (Lipinski definition) is 3. The molecule has 0 bridgehead atoms. The topological polar surface area (TPSA) is 35.6 Å². The van der Waals surface area contributed by atoms with E-state index < -0.39 is 0 Å². The van der Waals surface area contributed by atoms with Crippen LogP contribution in [0.15, 0.2) is 11.9 Å². The van der Waals surface area contributed by atoms with Crippen LogP contribution in [0.1, 0.15) is 19.8 Å². The third kappa shape index (κ3) is 1.42. The Morgan fingerprint density at radius 3 is 3.15 bits per heavy atom. The molecule has 0 aromatic carbocycles. The first-order valence-corrected chi connectivity index (χ1v) is 4.70. The summed E-state index contributed by atoms with van der Waals surface area (Å²) in [6.07, 6.45) is 3.67. The molecule has 1 amide bonds. The van der Waals surface area contributed by atoms with Crippen LogP contribution in [-0.2, 0) is 4.79 Å². The number of hydrogen-bond donors (Lipinski definition) is 1. The maximum atomic E-state index is 11.5. The van der Waals surface area contributed by atoms with E-state index >= 15 is 0 Å². The van der Waals surface area contributed by atoms with Gasteiger partial charge in [0.25, 0.3) is 0 Å². The summed E-state index contributed by atoms with van der Waals surface area (Å²) in [5.74, 6) is 1.22. The second-order valence-corrected chi connectivity index (χ2v) is 3.65. The van der Waals surface area contributed by atoms with Crippen LogP contribution in [0.4, 0.5) is 0 Å². The van der Waals surface area contributed by atoms with E-state index in [4.69, 9.17) is 0 Å². The van der Waals surface area contributed by atoms with Gasteiger partial charge in [-0.1, -0.05) is 0 Å². The van der Waals surface area contributed by atoms with Gasteiger partial charge in [0, 0.05) is 26.1 Å². The third-order valence-corrected chi connectivity index (χ3v) is 2.53. The van der Waals surface area contributed by atoms with Crippen LogP contribution in [0.2, 0.25) is 0 Å². The number of carbonyl (C=O) groups excluding carboxylic acids is 1. The molecule has 0 saturated carbocycles. The van der Waals surface area contributed by atoms with Crippen molar-refractivity contribution in [3.8, 4) is 0 Å². The molecular weight excluding hydrogens is 166 g/mol. The molecule has 1 unspecified atom stereocenters. The Hall–Kier alpha value is -1.03. The van der Waals surface area contributed by atoms with E-state index in [1.165, 1.54) is 0 Å². The molecule has 13 heavy (non-hydrogen) atoms. The first-order valence-electron chi connectivity index (χ1n) is 4.70. The van der Waals surface area contributed by atoms with E-state index in [0.29, 0.717) is 12.5 Å². The zero-order valence-electron chi connectivity index (χ0n) is 8.08. The van der Waals surface area contributed by atoms with Crippen molar-refractivity contribution >= 4 is 5.91 Å². The van der Waals surface area contributed by atoms with Crippen molar-refractivity contribution in [2.75, 3.05) is 13.6 Å². The van der Waals surface area contributed by atoms with Gasteiger partial charge in [-0.3, -0.25) is 9.80 Å². The Labute approximate surface area is 78.2 Å². The Bertz CT molecular complexity index is 262. The summed E-state index contributed by atoms with van der Waals surface area (Å²) in [6.45, 7) is 3.01. The van der Waals surface area contributed by atoms with Crippen molar-refractivity contribution < 1.29 is 4.79 Å². The molecule has 4 heteroatoms. The maximum absolute atomic E-state index is 11.5. The highest BCUT2D eigenvalue weighted by Gasteiger charge is 2.28. The zero-order chi connectivity index (χ0) is 9.42. The molecule has 1 saturated heterocycles. The molecule has 1 fully saturated rings. The number of amides is 1. The Morgan fingerprint density at radius 1 is 1.62 bits per heavy atom. The van der Waals surface area contributed by atoms with Crippen LogP contribution < -0.4 is 5.43 Å². The largest absolute Gasteiger partial charge is 0.301 e. The highest BCUT2D eigenvalue weighted by molar-refractivity contribution is 5.78. The van der Waals surface area contributed by atoms with Crippen molar-refractivity contribution in [3.63, 3.8) is 0 Å². The number of rotatable bonds is 0. The second kappa shape index (κ2) is 3.03. The van der Waals surface area contributed by atoms with Gasteiger partial charge in [-0.15, -0.1) is 0 Å². The number of nitrogens with one attached hydrogen (secondary N) is 1. The predicted octanol–water partition coefficient (Wildman–Crippen LogP) is 0.289. The fraction of sp³-hybridized carbons (Fsp3) is 0.667. The van der Waals surface area contributed by atoms with Gasteiger partial charge in [-0.2, -0.15) is 0 Å². The van der Waals surface area contributed by atoms with Gasteiger partial charge in [0.2, 0.25) is 5.91 Å². The van der Waals surface area contributed by atoms with Crippen LogP contribution >= 0.6 is 0 Å². The molecule has 2 rings (SSSR count). The Balaban J connectivity index is 2.24. The smallest absolute Gasteiger partial charge is 0.227 e. The Kier molecular flexibility index (Phi) is 2.00. The van der Waals surface area contributed by atoms with E-state index in [1.807, 2.05) is 7.05 Å². The molecule has 1 N–H and O–H groups in total. The number of carbonyl (C=O) groups is 1. The quantitative estimate of drug-likeness (QED) is 0.583. The second-order valence-electron chi connectivity index (χ2n) is 3.65. The van der Waals surface area contributed by atoms with E-state index in [1.54, 1.807) is 4.90 Å². The standard InChI is InChI=1S/C9H15N3O/c1-7-6-8-11(2)9(13)4-3-5-12(8)10-7/h6-7,10H,3-5H2,1-2H3. The number of fused-ring (bicyclic) bond motifs is 1. The average molecular weight is 181 g/mol. The van der Waals surface area contributed by atoms with E-state index in [0.717, 1.165) is 18.8 Å². The molecule has 1 atom stereocenters. The van der Waals surface area contributed by atoms with Gasteiger partial charge in [0.15, 0.2) is 0 Å². The highest BCUT2D eigenvalue weighted by Crippen LogP contribution is 2.20. The molecule has 0 aromatic rings. The van der Waals surface area contributed by atoms with E-state index in [9.17, 15) is 4.79 Å². The molecule has 0 aromatic heterocycles. The number of hydrazine groups is 1. The fourth-order valence-corrected chi connectivity index (χ4v) is 1.82. The SMILES string of the molecule is CC1C=C2N(CCCC(=O)N2C)N1. The molecule has 2 aliphatic heterocycles. The third-order valence-electron chi connectivity index (χ3n) is 2.53. The first-order chi connectivity index (χ1) is 6.18. The number of nitrogens with zero attached hydrogens (tertiary/aromatic N) is 2. The minimum absolute atomic E-state index is 0.213. The summed E-state index contributed by atoms with van der Waals surface area (Å²) in [7, 11) is 1.84. The van der Waals surface area contributed by atoms with Crippen LogP contribution in [0.25, 0.3) is 0 Å². The van der Waals surface area contributed by atoms with Crippen molar-refractivity contribution in [2.45, 2.75) is 25.8 Å². The molecule has 0 radical (unpaired) electrons. The van der Waals surface area contributed by atoms with Crippen molar-refractivity contribution in [3.05, 3.63) is 11.9 Å². The summed E-state index contributed by atoms with van der Waals surface area (Å²) in [5.41, 5.74) is 3.29. The summed E-state index contributed by atoms with van der Waals surface area (Å²) in [5, 5.41) is 2.07. The Morgan fingerprint density at radius 2 is 2.38 bits per heavy atom. The van der Waals surface area contributed by atoms with Gasteiger partial charge in [-0.25, -0.2) is 5.43 Å². The normalized spacial score (nSPS) is 28.6. The fourth-order valence-electron chi connectivity index (χ4n) is 1.82. The zero-order valence-corrected chi connectivity index (χ0v) is 8.08. The molecule has 0 aliphatic carbocycles. The summed E-state index contributed by atoms with van der Waals surface area (Å²) in [4.78, 5) is 13.2. The molecule has 0 spiro atoms. The first kappa shape index (κ1) is 8.56. The van der Waals surface area contributed by atoms with Gasteiger partial charge in [0.05, 0.1) is 0 Å². The maximum Gasteiger partial charge on any atom is 0.227 e. The minimum Gasteiger partial charge on any atom is -0.301 e. The van der Waals surface area contributed by atoms with Gasteiger partial charge in [0.1, 0.15) is 5.82 Å². The molecule has 4 nitrogen and oxygen atoms in total. The van der Waals surface area contributed by atoms with Crippen LogP contribution in [0.3, 0.4) is 0 Å². The monoisotopic (exact) mass is 181 g/mol. The van der Waals surface area contributed by atoms with Crippen molar-refractivity contribution in [2.24, 2.45) is 0 Å². The summed E-state index contributed by atoms with van der Waals surface area (Å²) in [6, 6.07) is 0.336. The average Bonchev–Trinajstić information content (AvgIpc) is 2.40. The predicted molar refractivity (Wildman–Crippen MR) is 49.4 cm³/mol. The van der Waals surface area contributed by atoms with Crippen LogP contribution in [0, 0.1) is 0 Å². The molecule has 2 heterocycles. The van der Waals surface area contributed by atoms with E-state index in [-0.39, 0.29) is 5.91 Å². The van der Waals surface area contributed by atoms with Crippen molar-refractivity contribution in [1.82, 2.24) is 15.3 Å². The summed E-state index contributed by atoms with van der Waals surface area (Å²) >= 11 is 0. The van der Waals surface area contributed by atoms with Gasteiger partial charge < -0.3 is 4.90 Å². The molecule has 2 aliphatic rings. The van der Waals surface area contributed by atoms with Crippen LogP contribution in [0.5, 0.6) is 0 Å². The highest BCUT2D eigenvalue weighted by atomic mass is 16.2. The van der Waals surface area contributed by atoms with Crippen molar-refractivity contribution in [1.29, 1.82) is 0 Å². The lowest BCUT2D eigenvalue weighted by Gasteiger charge is -2.24. The summed E-state index contributed by atoms with van der Waals surface area (Å²) < 4.78 is 0.